The maximum Gasteiger partial charge on any atom is 0.433 e. The number of pyridine rings is 1. The van der Waals surface area contributed by atoms with Gasteiger partial charge in [0.25, 0.3) is 0 Å². The summed E-state index contributed by atoms with van der Waals surface area (Å²) in [4.78, 5) is 16.9. The van der Waals surface area contributed by atoms with Crippen LogP contribution >= 0.6 is 0 Å². The van der Waals surface area contributed by atoms with Gasteiger partial charge in [-0.2, -0.15) is 31.4 Å². The highest BCUT2D eigenvalue weighted by Gasteiger charge is 2.61. The summed E-state index contributed by atoms with van der Waals surface area (Å²) in [6.07, 6.45) is -8.96. The number of halogens is 6. The topological polar surface area (TPSA) is 94.1 Å². The number of nitrogens with one attached hydrogen (secondary N) is 2. The molecule has 2 aliphatic heterocycles. The Morgan fingerprint density at radius 2 is 1.81 bits per heavy atom. The summed E-state index contributed by atoms with van der Waals surface area (Å²) in [6.45, 7) is 0.699. The Balaban J connectivity index is 1.54. The molecule has 2 aliphatic rings. The van der Waals surface area contributed by atoms with Crippen LogP contribution in [0.4, 0.5) is 37.8 Å². The predicted molar refractivity (Wildman–Crippen MR) is 95.2 cm³/mol. The van der Waals surface area contributed by atoms with Crippen LogP contribution in [-0.4, -0.2) is 45.5 Å². The van der Waals surface area contributed by atoms with E-state index in [1.165, 1.54) is 6.07 Å². The maximum atomic E-state index is 13.6. The van der Waals surface area contributed by atoms with Gasteiger partial charge in [0, 0.05) is 24.7 Å². The zero-order valence-electron chi connectivity index (χ0n) is 15.8. The van der Waals surface area contributed by atoms with E-state index in [1.807, 2.05) is 0 Å². The van der Waals surface area contributed by atoms with E-state index in [0.29, 0.717) is 31.6 Å². The molecule has 1 unspecified atom stereocenters. The molecule has 0 radical (unpaired) electrons. The van der Waals surface area contributed by atoms with Crippen molar-refractivity contribution < 1.29 is 36.2 Å². The summed E-state index contributed by atoms with van der Waals surface area (Å²) in [7, 11) is 0. The first-order chi connectivity index (χ1) is 14.4. The number of H-pyrrole nitrogens is 1. The van der Waals surface area contributed by atoms with Crippen LogP contribution in [0.25, 0.3) is 0 Å². The van der Waals surface area contributed by atoms with Crippen LogP contribution in [0.5, 0.6) is 0 Å². The molecule has 2 aromatic rings. The van der Waals surface area contributed by atoms with E-state index < -0.39 is 47.5 Å². The Hall–Kier alpha value is -2.83. The number of hydrogen-bond acceptors (Lipinski definition) is 5. The SMILES string of the molecule is O=C1CC(O)(C(F)(F)F)c2c(n[nH]c2C2CCN(c3ccc(C(F)(F)F)nc3)CC2)N1. The third kappa shape index (κ3) is 3.70. The van der Waals surface area contributed by atoms with E-state index in [2.05, 4.69) is 20.5 Å². The van der Waals surface area contributed by atoms with E-state index in [4.69, 9.17) is 0 Å². The van der Waals surface area contributed by atoms with Crippen LogP contribution in [-0.2, 0) is 16.6 Å². The maximum absolute atomic E-state index is 13.6. The molecule has 13 heteroatoms. The smallest absolute Gasteiger partial charge is 0.376 e. The average Bonchev–Trinajstić information content (AvgIpc) is 3.11. The highest BCUT2D eigenvalue weighted by molar-refractivity contribution is 5.94. The summed E-state index contributed by atoms with van der Waals surface area (Å²) in [5.74, 6) is -1.76. The molecule has 2 aromatic heterocycles. The second kappa shape index (κ2) is 7.11. The molecule has 168 valence electrons. The summed E-state index contributed by atoms with van der Waals surface area (Å²) < 4.78 is 78.9. The number of carbonyl (C=O) groups is 1. The van der Waals surface area contributed by atoms with Gasteiger partial charge in [0.1, 0.15) is 5.69 Å². The van der Waals surface area contributed by atoms with Crippen molar-refractivity contribution in [2.45, 2.75) is 43.1 Å². The lowest BCUT2D eigenvalue weighted by Crippen LogP contribution is -2.48. The van der Waals surface area contributed by atoms with E-state index in [1.54, 1.807) is 4.90 Å². The molecule has 0 aliphatic carbocycles. The van der Waals surface area contributed by atoms with Crippen molar-refractivity contribution in [2.24, 2.45) is 0 Å². The number of aromatic nitrogens is 3. The number of piperidine rings is 1. The molecule has 4 heterocycles. The molecule has 1 atom stereocenters. The van der Waals surface area contributed by atoms with Gasteiger partial charge >= 0.3 is 12.4 Å². The van der Waals surface area contributed by atoms with Crippen molar-refractivity contribution in [3.8, 4) is 0 Å². The van der Waals surface area contributed by atoms with Crippen molar-refractivity contribution in [1.29, 1.82) is 0 Å². The normalized spacial score (nSPS) is 22.9. The highest BCUT2D eigenvalue weighted by Crippen LogP contribution is 2.49. The number of alkyl halides is 6. The molecule has 3 N–H and O–H groups in total. The molecule has 31 heavy (non-hydrogen) atoms. The molecule has 0 saturated carbocycles. The highest BCUT2D eigenvalue weighted by atomic mass is 19.4. The molecule has 1 saturated heterocycles. The van der Waals surface area contributed by atoms with Gasteiger partial charge in [0.2, 0.25) is 5.91 Å². The number of amides is 1. The fourth-order valence-electron chi connectivity index (χ4n) is 4.07. The Kier molecular flexibility index (Phi) is 4.91. The second-order valence-electron chi connectivity index (χ2n) is 7.60. The molecular weight excluding hydrogens is 432 g/mol. The van der Waals surface area contributed by atoms with Crippen LogP contribution in [0.1, 0.15) is 42.1 Å². The number of hydrogen-bond donors (Lipinski definition) is 3. The standard InChI is InChI=1S/C18H17F6N5O2/c19-17(20,21)11-2-1-10(8-25-11)29-5-3-9(4-6-29)14-13-15(28-27-14)26-12(30)7-16(13,31)18(22,23)24/h1-2,8-9,31H,3-7H2,(H2,26,27,28,30). The minimum absolute atomic E-state index is 0.0972. The fraction of sp³-hybridized carbons (Fsp3) is 0.500. The van der Waals surface area contributed by atoms with Crippen LogP contribution in [0.15, 0.2) is 18.3 Å². The summed E-state index contributed by atoms with van der Waals surface area (Å²) in [5, 5.41) is 18.9. The monoisotopic (exact) mass is 449 g/mol. The number of aliphatic hydroxyl groups is 1. The van der Waals surface area contributed by atoms with E-state index in [9.17, 15) is 36.2 Å². The van der Waals surface area contributed by atoms with Crippen LogP contribution < -0.4 is 10.2 Å². The number of nitrogens with zero attached hydrogens (tertiary/aromatic N) is 3. The van der Waals surface area contributed by atoms with Crippen molar-refractivity contribution in [2.75, 3.05) is 23.3 Å². The third-order valence-corrected chi connectivity index (χ3v) is 5.66. The van der Waals surface area contributed by atoms with Crippen LogP contribution in [0.2, 0.25) is 0 Å². The van der Waals surface area contributed by atoms with Gasteiger partial charge in [-0.25, -0.2) is 4.98 Å². The minimum Gasteiger partial charge on any atom is -0.376 e. The minimum atomic E-state index is -5.08. The van der Waals surface area contributed by atoms with E-state index in [0.717, 1.165) is 12.3 Å². The molecule has 4 rings (SSSR count). The second-order valence-corrected chi connectivity index (χ2v) is 7.60. The van der Waals surface area contributed by atoms with Gasteiger partial charge in [-0.05, 0) is 25.0 Å². The van der Waals surface area contributed by atoms with Crippen molar-refractivity contribution >= 4 is 17.4 Å². The number of rotatable bonds is 2. The van der Waals surface area contributed by atoms with Gasteiger partial charge in [0.15, 0.2) is 11.4 Å². The van der Waals surface area contributed by atoms with Crippen LogP contribution in [0.3, 0.4) is 0 Å². The first-order valence-corrected chi connectivity index (χ1v) is 9.36. The number of anilines is 2. The van der Waals surface area contributed by atoms with Crippen molar-refractivity contribution in [1.82, 2.24) is 15.2 Å². The van der Waals surface area contributed by atoms with E-state index >= 15 is 0 Å². The molecule has 1 fully saturated rings. The molecule has 7 nitrogen and oxygen atoms in total. The van der Waals surface area contributed by atoms with Gasteiger partial charge in [-0.3, -0.25) is 9.89 Å². The van der Waals surface area contributed by atoms with Crippen molar-refractivity contribution in [3.63, 3.8) is 0 Å². The lowest BCUT2D eigenvalue weighted by Gasteiger charge is -2.37. The Morgan fingerprint density at radius 3 is 2.35 bits per heavy atom. The lowest BCUT2D eigenvalue weighted by atomic mass is 9.81. The Bertz CT molecular complexity index is 979. The summed E-state index contributed by atoms with van der Waals surface area (Å²) in [5.41, 5.74) is -4.27. The zero-order valence-corrected chi connectivity index (χ0v) is 15.8. The third-order valence-electron chi connectivity index (χ3n) is 5.66. The Labute approximate surface area is 171 Å². The molecule has 0 aromatic carbocycles. The molecular formula is C18H17F6N5O2. The fourth-order valence-corrected chi connectivity index (χ4v) is 4.07. The van der Waals surface area contributed by atoms with Gasteiger partial charge < -0.3 is 15.3 Å². The number of carbonyl (C=O) groups excluding carboxylic acids is 1. The molecule has 0 bridgehead atoms. The molecule has 0 spiro atoms. The van der Waals surface area contributed by atoms with Gasteiger partial charge in [-0.1, -0.05) is 0 Å². The first kappa shape index (κ1) is 21.4. The number of aromatic amines is 1. The quantitative estimate of drug-likeness (QED) is 0.612. The van der Waals surface area contributed by atoms with E-state index in [-0.39, 0.29) is 11.5 Å². The lowest BCUT2D eigenvalue weighted by molar-refractivity contribution is -0.267. The van der Waals surface area contributed by atoms with Crippen molar-refractivity contribution in [3.05, 3.63) is 35.3 Å². The zero-order chi connectivity index (χ0) is 22.6. The average molecular weight is 449 g/mol. The largest absolute Gasteiger partial charge is 0.433 e. The first-order valence-electron chi connectivity index (χ1n) is 9.36. The summed E-state index contributed by atoms with van der Waals surface area (Å²) >= 11 is 0. The Morgan fingerprint density at radius 1 is 1.13 bits per heavy atom. The van der Waals surface area contributed by atoms with Gasteiger partial charge in [0.05, 0.1) is 23.9 Å². The molecule has 1 amide bonds. The van der Waals surface area contributed by atoms with Crippen LogP contribution in [0, 0.1) is 0 Å². The number of fused-ring (bicyclic) bond motifs is 1. The predicted octanol–water partition coefficient (Wildman–Crippen LogP) is 3.30. The summed E-state index contributed by atoms with van der Waals surface area (Å²) in [6, 6.07) is 2.17. The van der Waals surface area contributed by atoms with Gasteiger partial charge in [-0.15, -0.1) is 0 Å².